The van der Waals surface area contributed by atoms with E-state index in [0.29, 0.717) is 17.8 Å². The van der Waals surface area contributed by atoms with Crippen molar-refractivity contribution in [2.45, 2.75) is 19.4 Å². The Balaban J connectivity index is 1.62. The summed E-state index contributed by atoms with van der Waals surface area (Å²) in [6.07, 6.45) is 1.02. The van der Waals surface area contributed by atoms with Crippen molar-refractivity contribution in [3.63, 3.8) is 0 Å². The molecule has 1 fully saturated rings. The Hall–Kier alpha value is -2.70. The van der Waals surface area contributed by atoms with Crippen LogP contribution in [-0.2, 0) is 11.2 Å². The zero-order valence-corrected chi connectivity index (χ0v) is 17.4. The highest BCUT2D eigenvalue weighted by molar-refractivity contribution is 5.96. The standard InChI is InChI=1S/C23H30N4O2/c1-4-17-5-7-18(8-6-17)21-15-24-13-14-27(21)16-22(28)25-20-11-9-19(10-12-20)23(29)26(2)3/h5-12,21,24H,4,13-16H2,1-3H3,(H,25,28). The topological polar surface area (TPSA) is 64.7 Å². The van der Waals surface area contributed by atoms with Crippen molar-refractivity contribution in [2.24, 2.45) is 0 Å². The predicted octanol–water partition coefficient (Wildman–Crippen LogP) is 2.54. The van der Waals surface area contributed by atoms with Gasteiger partial charge in [-0.2, -0.15) is 0 Å². The lowest BCUT2D eigenvalue weighted by Gasteiger charge is -2.36. The van der Waals surface area contributed by atoms with Gasteiger partial charge in [0.1, 0.15) is 0 Å². The monoisotopic (exact) mass is 394 g/mol. The van der Waals surface area contributed by atoms with Gasteiger partial charge in [0, 0.05) is 51.0 Å². The van der Waals surface area contributed by atoms with Gasteiger partial charge in [-0.3, -0.25) is 14.5 Å². The molecule has 1 aliphatic rings. The van der Waals surface area contributed by atoms with Gasteiger partial charge in [-0.25, -0.2) is 0 Å². The molecule has 2 amide bonds. The highest BCUT2D eigenvalue weighted by atomic mass is 16.2. The summed E-state index contributed by atoms with van der Waals surface area (Å²) in [6, 6.07) is 15.9. The molecule has 6 heteroatoms. The number of nitrogens with zero attached hydrogens (tertiary/aromatic N) is 2. The Bertz CT molecular complexity index is 831. The number of carbonyl (C=O) groups is 2. The van der Waals surface area contributed by atoms with Crippen LogP contribution in [0.5, 0.6) is 0 Å². The van der Waals surface area contributed by atoms with Gasteiger partial charge < -0.3 is 15.5 Å². The maximum Gasteiger partial charge on any atom is 0.253 e. The average molecular weight is 395 g/mol. The fraction of sp³-hybridized carbons (Fsp3) is 0.391. The lowest BCUT2D eigenvalue weighted by molar-refractivity contribution is -0.118. The Morgan fingerprint density at radius 1 is 1.10 bits per heavy atom. The second-order valence-electron chi connectivity index (χ2n) is 7.61. The van der Waals surface area contributed by atoms with Gasteiger partial charge in [-0.15, -0.1) is 0 Å². The second kappa shape index (κ2) is 9.67. The molecule has 0 bridgehead atoms. The molecule has 1 heterocycles. The Morgan fingerprint density at radius 2 is 1.79 bits per heavy atom. The molecule has 0 saturated carbocycles. The summed E-state index contributed by atoms with van der Waals surface area (Å²) in [5.74, 6) is -0.102. The van der Waals surface area contributed by atoms with Crippen molar-refractivity contribution in [1.82, 2.24) is 15.1 Å². The van der Waals surface area contributed by atoms with Crippen molar-refractivity contribution < 1.29 is 9.59 Å². The van der Waals surface area contributed by atoms with Gasteiger partial charge in [-0.1, -0.05) is 31.2 Å². The summed E-state index contributed by atoms with van der Waals surface area (Å²) in [5, 5.41) is 6.38. The number of piperazine rings is 1. The van der Waals surface area contributed by atoms with Crippen LogP contribution in [0.4, 0.5) is 5.69 Å². The fourth-order valence-electron chi connectivity index (χ4n) is 3.58. The first-order chi connectivity index (χ1) is 14.0. The lowest BCUT2D eigenvalue weighted by atomic mass is 10.0. The minimum absolute atomic E-state index is 0.0474. The van der Waals surface area contributed by atoms with Crippen LogP contribution in [0.25, 0.3) is 0 Å². The summed E-state index contributed by atoms with van der Waals surface area (Å²) >= 11 is 0. The molecule has 1 saturated heterocycles. The van der Waals surface area contributed by atoms with Crippen molar-refractivity contribution >= 4 is 17.5 Å². The van der Waals surface area contributed by atoms with Crippen LogP contribution in [0.2, 0.25) is 0 Å². The van der Waals surface area contributed by atoms with Gasteiger partial charge in [0.15, 0.2) is 0 Å². The fourth-order valence-corrected chi connectivity index (χ4v) is 3.58. The normalized spacial score (nSPS) is 17.0. The van der Waals surface area contributed by atoms with E-state index in [9.17, 15) is 9.59 Å². The average Bonchev–Trinajstić information content (AvgIpc) is 2.74. The minimum Gasteiger partial charge on any atom is -0.345 e. The van der Waals surface area contributed by atoms with E-state index in [-0.39, 0.29) is 17.9 Å². The third-order valence-corrected chi connectivity index (χ3v) is 5.30. The molecule has 2 N–H and O–H groups in total. The molecule has 154 valence electrons. The molecule has 1 unspecified atom stereocenters. The molecule has 0 spiro atoms. The molecule has 3 rings (SSSR count). The van der Waals surface area contributed by atoms with Crippen LogP contribution < -0.4 is 10.6 Å². The second-order valence-corrected chi connectivity index (χ2v) is 7.61. The van der Waals surface area contributed by atoms with Gasteiger partial charge in [0.25, 0.3) is 5.91 Å². The summed E-state index contributed by atoms with van der Waals surface area (Å²) in [5.41, 5.74) is 3.85. The molecule has 29 heavy (non-hydrogen) atoms. The van der Waals surface area contributed by atoms with Crippen LogP contribution in [-0.4, -0.2) is 61.9 Å². The van der Waals surface area contributed by atoms with Crippen LogP contribution in [0.3, 0.4) is 0 Å². The van der Waals surface area contributed by atoms with Crippen molar-refractivity contribution in [3.05, 3.63) is 65.2 Å². The Morgan fingerprint density at radius 3 is 2.41 bits per heavy atom. The van der Waals surface area contributed by atoms with Crippen molar-refractivity contribution in [2.75, 3.05) is 45.6 Å². The van der Waals surface area contributed by atoms with Gasteiger partial charge in [0.05, 0.1) is 6.54 Å². The molecular weight excluding hydrogens is 364 g/mol. The Kier molecular flexibility index (Phi) is 7.01. The van der Waals surface area contributed by atoms with E-state index in [1.165, 1.54) is 16.0 Å². The lowest BCUT2D eigenvalue weighted by Crippen LogP contribution is -2.48. The zero-order valence-electron chi connectivity index (χ0n) is 17.4. The number of benzene rings is 2. The van der Waals surface area contributed by atoms with E-state index in [1.807, 2.05) is 0 Å². The van der Waals surface area contributed by atoms with E-state index in [4.69, 9.17) is 0 Å². The quantitative estimate of drug-likeness (QED) is 0.790. The molecule has 1 atom stereocenters. The Labute approximate surface area is 172 Å². The van der Waals surface area contributed by atoms with E-state index in [0.717, 1.165) is 26.1 Å². The van der Waals surface area contributed by atoms with Crippen LogP contribution in [0, 0.1) is 0 Å². The number of aryl methyl sites for hydroxylation is 1. The molecule has 6 nitrogen and oxygen atoms in total. The van der Waals surface area contributed by atoms with Crippen molar-refractivity contribution in [3.8, 4) is 0 Å². The predicted molar refractivity (Wildman–Crippen MR) is 116 cm³/mol. The molecule has 1 aliphatic heterocycles. The van der Waals surface area contributed by atoms with Crippen LogP contribution in [0.15, 0.2) is 48.5 Å². The molecule has 2 aromatic carbocycles. The van der Waals surface area contributed by atoms with Crippen LogP contribution >= 0.6 is 0 Å². The number of carbonyl (C=O) groups excluding carboxylic acids is 2. The number of amides is 2. The third-order valence-electron chi connectivity index (χ3n) is 5.30. The van der Waals surface area contributed by atoms with E-state index in [1.54, 1.807) is 38.4 Å². The minimum atomic E-state index is -0.0550. The smallest absolute Gasteiger partial charge is 0.253 e. The summed E-state index contributed by atoms with van der Waals surface area (Å²) in [4.78, 5) is 28.4. The molecule has 0 aromatic heterocycles. The SMILES string of the molecule is CCc1ccc(C2CNCCN2CC(=O)Nc2ccc(C(=O)N(C)C)cc2)cc1. The van der Waals surface area contributed by atoms with Crippen LogP contribution in [0.1, 0.15) is 34.5 Å². The number of nitrogens with one attached hydrogen (secondary N) is 2. The summed E-state index contributed by atoms with van der Waals surface area (Å²) in [7, 11) is 3.44. The molecular formula is C23H30N4O2. The third kappa shape index (κ3) is 5.43. The number of rotatable bonds is 6. The number of anilines is 1. The molecule has 0 aliphatic carbocycles. The van der Waals surface area contributed by atoms with Gasteiger partial charge >= 0.3 is 0 Å². The van der Waals surface area contributed by atoms with E-state index >= 15 is 0 Å². The zero-order chi connectivity index (χ0) is 20.8. The largest absolute Gasteiger partial charge is 0.345 e. The van der Waals surface area contributed by atoms with Crippen molar-refractivity contribution in [1.29, 1.82) is 0 Å². The summed E-state index contributed by atoms with van der Waals surface area (Å²) in [6.45, 7) is 5.01. The van der Waals surface area contributed by atoms with E-state index < -0.39 is 0 Å². The summed E-state index contributed by atoms with van der Waals surface area (Å²) < 4.78 is 0. The first-order valence-electron chi connectivity index (χ1n) is 10.1. The maximum absolute atomic E-state index is 12.6. The first-order valence-corrected chi connectivity index (χ1v) is 10.1. The number of hydrogen-bond donors (Lipinski definition) is 2. The first kappa shape index (κ1) is 21.0. The molecule has 0 radical (unpaired) electrons. The number of hydrogen-bond acceptors (Lipinski definition) is 4. The van der Waals surface area contributed by atoms with Gasteiger partial charge in [-0.05, 0) is 41.8 Å². The highest BCUT2D eigenvalue weighted by Gasteiger charge is 2.25. The van der Waals surface area contributed by atoms with E-state index in [2.05, 4.69) is 46.7 Å². The highest BCUT2D eigenvalue weighted by Crippen LogP contribution is 2.23. The molecule has 2 aromatic rings. The van der Waals surface area contributed by atoms with Gasteiger partial charge in [0.2, 0.25) is 5.91 Å². The maximum atomic E-state index is 12.6.